The zero-order chi connectivity index (χ0) is 13.3. The number of phenols is 1. The fourth-order valence-electron chi connectivity index (χ4n) is 1.68. The van der Waals surface area contributed by atoms with Crippen molar-refractivity contribution in [3.05, 3.63) is 22.6 Å². The SMILES string of the molecule is COc1c(O)c(OS)c2oc(=O)ccc2c1OC. The summed E-state index contributed by atoms with van der Waals surface area (Å²) in [7, 11) is 2.77. The number of benzene rings is 1. The molecule has 0 aliphatic carbocycles. The second-order valence-corrected chi connectivity index (χ2v) is 3.52. The van der Waals surface area contributed by atoms with Crippen molar-refractivity contribution < 1.29 is 23.2 Å². The van der Waals surface area contributed by atoms with Crippen LogP contribution in [0.3, 0.4) is 0 Å². The predicted octanol–water partition coefficient (Wildman–Crippen LogP) is 1.74. The van der Waals surface area contributed by atoms with E-state index in [-0.39, 0.29) is 28.6 Å². The first kappa shape index (κ1) is 12.4. The third-order valence-corrected chi connectivity index (χ3v) is 2.60. The minimum absolute atomic E-state index is 0.0349. The van der Waals surface area contributed by atoms with Crippen LogP contribution in [0.4, 0.5) is 0 Å². The first-order chi connectivity index (χ1) is 8.63. The van der Waals surface area contributed by atoms with E-state index in [9.17, 15) is 9.90 Å². The van der Waals surface area contributed by atoms with Crippen molar-refractivity contribution in [2.24, 2.45) is 0 Å². The van der Waals surface area contributed by atoms with Crippen molar-refractivity contribution in [1.82, 2.24) is 0 Å². The summed E-state index contributed by atoms with van der Waals surface area (Å²) < 4.78 is 19.9. The molecule has 0 aliphatic rings. The van der Waals surface area contributed by atoms with Crippen LogP contribution < -0.4 is 19.3 Å². The van der Waals surface area contributed by atoms with Gasteiger partial charge >= 0.3 is 5.63 Å². The molecule has 18 heavy (non-hydrogen) atoms. The Morgan fingerprint density at radius 1 is 1.17 bits per heavy atom. The van der Waals surface area contributed by atoms with Gasteiger partial charge in [-0.05, 0) is 6.07 Å². The number of ether oxygens (including phenoxy) is 2. The monoisotopic (exact) mass is 270 g/mol. The molecular formula is C11H10O6S. The summed E-state index contributed by atoms with van der Waals surface area (Å²) in [5.41, 5.74) is -0.548. The van der Waals surface area contributed by atoms with Gasteiger partial charge in [0.2, 0.25) is 17.2 Å². The molecule has 1 aromatic heterocycles. The van der Waals surface area contributed by atoms with Crippen LogP contribution in [0.5, 0.6) is 23.0 Å². The summed E-state index contributed by atoms with van der Waals surface area (Å²) in [6.07, 6.45) is 0. The van der Waals surface area contributed by atoms with Crippen molar-refractivity contribution in [3.63, 3.8) is 0 Å². The van der Waals surface area contributed by atoms with Gasteiger partial charge < -0.3 is 23.2 Å². The Hall–Kier alpha value is -2.02. The maximum Gasteiger partial charge on any atom is 0.336 e. The van der Waals surface area contributed by atoms with Crippen LogP contribution in [-0.2, 0) is 0 Å². The highest BCUT2D eigenvalue weighted by molar-refractivity contribution is 7.75. The van der Waals surface area contributed by atoms with E-state index in [1.54, 1.807) is 0 Å². The van der Waals surface area contributed by atoms with Crippen LogP contribution in [0.15, 0.2) is 21.3 Å². The van der Waals surface area contributed by atoms with Crippen LogP contribution in [0.1, 0.15) is 0 Å². The lowest BCUT2D eigenvalue weighted by Crippen LogP contribution is -1.99. The van der Waals surface area contributed by atoms with Crippen molar-refractivity contribution >= 4 is 23.9 Å². The maximum atomic E-state index is 11.2. The van der Waals surface area contributed by atoms with Gasteiger partial charge in [-0.3, -0.25) is 0 Å². The molecule has 2 aromatic rings. The molecule has 0 saturated heterocycles. The van der Waals surface area contributed by atoms with Gasteiger partial charge in [0.1, 0.15) is 0 Å². The Morgan fingerprint density at radius 2 is 1.83 bits per heavy atom. The van der Waals surface area contributed by atoms with Gasteiger partial charge in [-0.2, -0.15) is 0 Å². The largest absolute Gasteiger partial charge is 0.501 e. The normalized spacial score (nSPS) is 10.4. The van der Waals surface area contributed by atoms with Crippen LogP contribution in [0, 0.1) is 0 Å². The van der Waals surface area contributed by atoms with E-state index in [4.69, 9.17) is 18.1 Å². The van der Waals surface area contributed by atoms with Gasteiger partial charge in [-0.25, -0.2) is 4.79 Å². The molecular weight excluding hydrogens is 260 g/mol. The number of phenolic OH excluding ortho intramolecular Hbond substituents is 1. The molecule has 0 unspecified atom stereocenters. The highest BCUT2D eigenvalue weighted by Gasteiger charge is 2.23. The molecule has 1 N–H and O–H groups in total. The molecule has 6 nitrogen and oxygen atoms in total. The zero-order valence-corrected chi connectivity index (χ0v) is 10.5. The Labute approximate surface area is 107 Å². The fraction of sp³-hybridized carbons (Fsp3) is 0.182. The minimum Gasteiger partial charge on any atom is -0.501 e. The lowest BCUT2D eigenvalue weighted by molar-refractivity contribution is 0.330. The minimum atomic E-state index is -0.583. The molecule has 0 spiro atoms. The molecule has 7 heteroatoms. The quantitative estimate of drug-likeness (QED) is 0.502. The number of aromatic hydroxyl groups is 1. The average Bonchev–Trinajstić information content (AvgIpc) is 2.37. The van der Waals surface area contributed by atoms with Gasteiger partial charge in [-0.1, -0.05) is 0 Å². The van der Waals surface area contributed by atoms with E-state index < -0.39 is 5.63 Å². The van der Waals surface area contributed by atoms with Gasteiger partial charge in [0, 0.05) is 19.0 Å². The second kappa shape index (κ2) is 4.69. The van der Waals surface area contributed by atoms with Crippen molar-refractivity contribution in [3.8, 4) is 23.0 Å². The van der Waals surface area contributed by atoms with Crippen LogP contribution in [-0.4, -0.2) is 19.3 Å². The topological polar surface area (TPSA) is 78.1 Å². The number of thiol groups is 1. The Bertz CT molecular complexity index is 648. The second-order valence-electron chi connectivity index (χ2n) is 3.33. The van der Waals surface area contributed by atoms with E-state index in [2.05, 4.69) is 12.9 Å². The lowest BCUT2D eigenvalue weighted by atomic mass is 10.1. The summed E-state index contributed by atoms with van der Waals surface area (Å²) in [4.78, 5) is 11.2. The number of methoxy groups -OCH3 is 2. The molecule has 0 amide bonds. The third-order valence-electron chi connectivity index (χ3n) is 2.42. The van der Waals surface area contributed by atoms with E-state index in [0.717, 1.165) is 0 Å². The predicted molar refractivity (Wildman–Crippen MR) is 66.9 cm³/mol. The summed E-state index contributed by atoms with van der Waals surface area (Å²) in [5.74, 6) is -0.152. The molecule has 0 aliphatic heterocycles. The van der Waals surface area contributed by atoms with Crippen molar-refractivity contribution in [2.45, 2.75) is 0 Å². The molecule has 2 rings (SSSR count). The average molecular weight is 270 g/mol. The Morgan fingerprint density at radius 3 is 2.39 bits per heavy atom. The molecule has 1 aromatic carbocycles. The number of rotatable bonds is 3. The van der Waals surface area contributed by atoms with E-state index in [0.29, 0.717) is 5.39 Å². The Balaban J connectivity index is 3.00. The van der Waals surface area contributed by atoms with Gasteiger partial charge in [-0.15, -0.1) is 0 Å². The fourth-order valence-corrected chi connectivity index (χ4v) is 1.85. The maximum absolute atomic E-state index is 11.2. The molecule has 0 saturated carbocycles. The first-order valence-corrected chi connectivity index (χ1v) is 5.22. The molecule has 0 atom stereocenters. The van der Waals surface area contributed by atoms with Crippen LogP contribution in [0.25, 0.3) is 11.0 Å². The highest BCUT2D eigenvalue weighted by Crippen LogP contribution is 2.50. The van der Waals surface area contributed by atoms with Crippen LogP contribution >= 0.6 is 12.9 Å². The van der Waals surface area contributed by atoms with E-state index >= 15 is 0 Å². The van der Waals surface area contributed by atoms with E-state index in [1.165, 1.54) is 26.4 Å². The molecule has 0 radical (unpaired) electrons. The lowest BCUT2D eigenvalue weighted by Gasteiger charge is -2.14. The smallest absolute Gasteiger partial charge is 0.336 e. The molecule has 1 heterocycles. The summed E-state index contributed by atoms with van der Waals surface area (Å²) in [5, 5.41) is 10.4. The first-order valence-electron chi connectivity index (χ1n) is 4.86. The van der Waals surface area contributed by atoms with Crippen molar-refractivity contribution in [1.29, 1.82) is 0 Å². The zero-order valence-electron chi connectivity index (χ0n) is 9.59. The summed E-state index contributed by atoms with van der Waals surface area (Å²) in [6.45, 7) is 0. The highest BCUT2D eigenvalue weighted by atomic mass is 32.1. The van der Waals surface area contributed by atoms with E-state index in [1.807, 2.05) is 0 Å². The molecule has 96 valence electrons. The number of hydrogen-bond donors (Lipinski definition) is 2. The summed E-state index contributed by atoms with van der Waals surface area (Å²) in [6, 6.07) is 2.71. The van der Waals surface area contributed by atoms with Gasteiger partial charge in [0.05, 0.1) is 19.6 Å². The number of hydrogen-bond acceptors (Lipinski definition) is 7. The molecule has 0 fully saturated rings. The van der Waals surface area contributed by atoms with Crippen molar-refractivity contribution in [2.75, 3.05) is 14.2 Å². The van der Waals surface area contributed by atoms with Gasteiger partial charge in [0.25, 0.3) is 0 Å². The molecule has 0 bridgehead atoms. The Kier molecular flexibility index (Phi) is 3.24. The standard InChI is InChI=1S/C11H10O6S/c1-14-8-5-3-4-6(12)16-9(5)11(17-18)7(13)10(8)15-2/h3-4,13,18H,1-2H3. The third kappa shape index (κ3) is 1.72. The summed E-state index contributed by atoms with van der Waals surface area (Å²) >= 11 is 3.62. The van der Waals surface area contributed by atoms with Crippen LogP contribution in [0.2, 0.25) is 0 Å². The number of fused-ring (bicyclic) bond motifs is 1. The van der Waals surface area contributed by atoms with Gasteiger partial charge in [0.15, 0.2) is 11.3 Å².